The molecule has 0 aliphatic heterocycles. The Morgan fingerprint density at radius 3 is 1.84 bits per heavy atom. The monoisotopic (exact) mass is 733 g/mol. The minimum Gasteiger partial charge on any atom is -0.456 e. The Morgan fingerprint density at radius 1 is 0.375 bits per heavy atom. The summed E-state index contributed by atoms with van der Waals surface area (Å²) in [5.41, 5.74) is 11.5. The molecule has 262 valence electrons. The number of thiophene rings is 1. The maximum atomic E-state index is 6.53. The van der Waals surface area contributed by atoms with Crippen LogP contribution in [-0.4, -0.2) is 0 Å². The van der Waals surface area contributed by atoms with Crippen molar-refractivity contribution in [2.45, 2.75) is 0 Å². The molecule has 4 heteroatoms. The van der Waals surface area contributed by atoms with E-state index in [1.807, 2.05) is 23.5 Å². The van der Waals surface area contributed by atoms with Crippen molar-refractivity contribution in [2.24, 2.45) is 0 Å². The number of furan rings is 2. The molecule has 3 aromatic heterocycles. The first kappa shape index (κ1) is 31.2. The summed E-state index contributed by atoms with van der Waals surface area (Å²) in [5, 5.41) is 9.41. The molecule has 0 unspecified atom stereocenters. The van der Waals surface area contributed by atoms with E-state index in [9.17, 15) is 0 Å². The molecule has 0 aliphatic rings. The quantitative estimate of drug-likeness (QED) is 0.176. The molecule has 9 aromatic carbocycles. The van der Waals surface area contributed by atoms with Crippen LogP contribution in [0.25, 0.3) is 97.1 Å². The average Bonchev–Trinajstić information content (AvgIpc) is 3.96. The minimum absolute atomic E-state index is 0.880. The maximum Gasteiger partial charge on any atom is 0.143 e. The summed E-state index contributed by atoms with van der Waals surface area (Å²) < 4.78 is 15.4. The van der Waals surface area contributed by atoms with Crippen molar-refractivity contribution < 1.29 is 8.83 Å². The number of fused-ring (bicyclic) bond motifs is 11. The lowest BCUT2D eigenvalue weighted by Gasteiger charge is -2.26. The van der Waals surface area contributed by atoms with Crippen LogP contribution in [-0.2, 0) is 0 Å². The Kier molecular flexibility index (Phi) is 6.80. The predicted molar refractivity (Wildman–Crippen MR) is 237 cm³/mol. The van der Waals surface area contributed by atoms with Gasteiger partial charge in [-0.3, -0.25) is 0 Å². The van der Waals surface area contributed by atoms with Gasteiger partial charge >= 0.3 is 0 Å². The maximum absolute atomic E-state index is 6.53. The summed E-state index contributed by atoms with van der Waals surface area (Å²) in [5.74, 6) is 0. The van der Waals surface area contributed by atoms with Crippen molar-refractivity contribution >= 4 is 103 Å². The first-order valence-electron chi connectivity index (χ1n) is 18.9. The summed E-state index contributed by atoms with van der Waals surface area (Å²) in [6, 6.07) is 67.3. The van der Waals surface area contributed by atoms with Gasteiger partial charge in [-0.2, -0.15) is 0 Å². The highest BCUT2D eigenvalue weighted by molar-refractivity contribution is 7.26. The molecule has 0 radical (unpaired) electrons. The first-order chi connectivity index (χ1) is 27.7. The standard InChI is InChI=1S/C52H31NO2S/c1-2-10-39-32(9-1)23-29-44-50-38(13-8-17-48(50)55-51(39)44)33-19-24-35(25-20-33)53(37-28-30-47-45(31-37)41-11-3-5-16-46(41)54-47)36-26-21-34(22-27-36)40-14-7-15-43-42-12-4-6-18-49(42)56-52(40)43/h1-31H. The second-order valence-corrected chi connectivity index (χ2v) is 15.5. The fourth-order valence-corrected chi connectivity index (χ4v) is 9.89. The van der Waals surface area contributed by atoms with Gasteiger partial charge in [0.05, 0.1) is 0 Å². The number of benzene rings is 9. The second-order valence-electron chi connectivity index (χ2n) is 14.4. The Balaban J connectivity index is 0.991. The topological polar surface area (TPSA) is 29.5 Å². The Bertz CT molecular complexity index is 3480. The van der Waals surface area contributed by atoms with E-state index in [2.05, 4.69) is 181 Å². The van der Waals surface area contributed by atoms with Crippen LogP contribution < -0.4 is 4.90 Å². The summed E-state index contributed by atoms with van der Waals surface area (Å²) in [6.07, 6.45) is 0. The van der Waals surface area contributed by atoms with Crippen LogP contribution in [0.1, 0.15) is 0 Å². The molecule has 56 heavy (non-hydrogen) atoms. The third kappa shape index (κ3) is 4.76. The van der Waals surface area contributed by atoms with Gasteiger partial charge in [-0.1, -0.05) is 121 Å². The molecule has 0 fully saturated rings. The van der Waals surface area contributed by atoms with Crippen molar-refractivity contribution in [3.05, 3.63) is 188 Å². The molecule has 3 nitrogen and oxygen atoms in total. The van der Waals surface area contributed by atoms with Crippen LogP contribution in [0, 0.1) is 0 Å². The molecule has 0 atom stereocenters. The van der Waals surface area contributed by atoms with Crippen molar-refractivity contribution in [1.82, 2.24) is 0 Å². The minimum atomic E-state index is 0.880. The van der Waals surface area contributed by atoms with E-state index in [-0.39, 0.29) is 0 Å². The SMILES string of the molecule is c1ccc2c(c1)ccc1c2oc2cccc(-c3ccc(N(c4ccc(-c5cccc6c5sc5ccccc56)cc4)c4ccc5oc6ccccc6c5c4)cc3)c21. The number of para-hydroxylation sites is 1. The van der Waals surface area contributed by atoms with Gasteiger partial charge in [0, 0.05) is 64.2 Å². The van der Waals surface area contributed by atoms with Gasteiger partial charge in [0.1, 0.15) is 22.3 Å². The van der Waals surface area contributed by atoms with E-state index in [1.165, 1.54) is 36.7 Å². The normalized spacial score (nSPS) is 11.9. The van der Waals surface area contributed by atoms with Crippen molar-refractivity contribution in [2.75, 3.05) is 4.90 Å². The first-order valence-corrected chi connectivity index (χ1v) is 19.7. The highest BCUT2D eigenvalue weighted by atomic mass is 32.1. The summed E-state index contributed by atoms with van der Waals surface area (Å²) in [6.45, 7) is 0. The number of nitrogens with zero attached hydrogens (tertiary/aromatic N) is 1. The molecule has 12 rings (SSSR count). The van der Waals surface area contributed by atoms with Crippen LogP contribution >= 0.6 is 11.3 Å². The van der Waals surface area contributed by atoms with E-state index in [0.717, 1.165) is 77.5 Å². The van der Waals surface area contributed by atoms with E-state index in [1.54, 1.807) is 0 Å². The number of anilines is 3. The molecule has 0 spiro atoms. The molecular formula is C52H31NO2S. The molecule has 0 saturated carbocycles. The highest BCUT2D eigenvalue weighted by Gasteiger charge is 2.19. The molecule has 0 saturated heterocycles. The van der Waals surface area contributed by atoms with Gasteiger partial charge < -0.3 is 13.7 Å². The van der Waals surface area contributed by atoms with Crippen molar-refractivity contribution in [3.8, 4) is 22.3 Å². The van der Waals surface area contributed by atoms with E-state index >= 15 is 0 Å². The van der Waals surface area contributed by atoms with Crippen LogP contribution in [0.15, 0.2) is 197 Å². The molecule has 0 bridgehead atoms. The highest BCUT2D eigenvalue weighted by Crippen LogP contribution is 2.44. The Labute approximate surface area is 325 Å². The van der Waals surface area contributed by atoms with E-state index in [4.69, 9.17) is 8.83 Å². The third-order valence-electron chi connectivity index (χ3n) is 11.3. The smallest absolute Gasteiger partial charge is 0.143 e. The molecule has 0 N–H and O–H groups in total. The van der Waals surface area contributed by atoms with Crippen LogP contribution in [0.3, 0.4) is 0 Å². The molecule has 0 amide bonds. The third-order valence-corrected chi connectivity index (χ3v) is 12.5. The zero-order valence-electron chi connectivity index (χ0n) is 30.1. The predicted octanol–water partition coefficient (Wildman–Crippen LogP) is 15.8. The lowest BCUT2D eigenvalue weighted by atomic mass is 9.98. The Hall–Kier alpha value is -7.14. The van der Waals surface area contributed by atoms with Crippen molar-refractivity contribution in [1.29, 1.82) is 0 Å². The van der Waals surface area contributed by atoms with Crippen molar-refractivity contribution in [3.63, 3.8) is 0 Å². The molecule has 12 aromatic rings. The van der Waals surface area contributed by atoms with Gasteiger partial charge in [-0.05, 0) is 94.4 Å². The second kappa shape index (κ2) is 12.2. The lowest BCUT2D eigenvalue weighted by Crippen LogP contribution is -2.09. The van der Waals surface area contributed by atoms with Gasteiger partial charge in [0.15, 0.2) is 0 Å². The number of hydrogen-bond donors (Lipinski definition) is 0. The number of hydrogen-bond acceptors (Lipinski definition) is 4. The largest absolute Gasteiger partial charge is 0.456 e. The summed E-state index contributed by atoms with van der Waals surface area (Å²) in [4.78, 5) is 2.34. The van der Waals surface area contributed by atoms with Crippen LogP contribution in [0.2, 0.25) is 0 Å². The number of rotatable bonds is 5. The molecular weight excluding hydrogens is 703 g/mol. The van der Waals surface area contributed by atoms with Gasteiger partial charge in [0.25, 0.3) is 0 Å². The van der Waals surface area contributed by atoms with Crippen LogP contribution in [0.5, 0.6) is 0 Å². The Morgan fingerprint density at radius 2 is 1.00 bits per heavy atom. The molecule has 0 aliphatic carbocycles. The average molecular weight is 734 g/mol. The van der Waals surface area contributed by atoms with Crippen LogP contribution in [0.4, 0.5) is 17.1 Å². The summed E-state index contributed by atoms with van der Waals surface area (Å²) >= 11 is 1.87. The van der Waals surface area contributed by atoms with Gasteiger partial charge in [-0.25, -0.2) is 0 Å². The molecule has 3 heterocycles. The fraction of sp³-hybridized carbons (Fsp3) is 0. The van der Waals surface area contributed by atoms with Gasteiger partial charge in [-0.15, -0.1) is 11.3 Å². The van der Waals surface area contributed by atoms with E-state index in [0.29, 0.717) is 0 Å². The lowest BCUT2D eigenvalue weighted by molar-refractivity contribution is 0.669. The fourth-order valence-electron chi connectivity index (χ4n) is 8.65. The van der Waals surface area contributed by atoms with Gasteiger partial charge in [0.2, 0.25) is 0 Å². The van der Waals surface area contributed by atoms with E-state index < -0.39 is 0 Å². The zero-order chi connectivity index (χ0) is 36.7. The summed E-state index contributed by atoms with van der Waals surface area (Å²) in [7, 11) is 0. The zero-order valence-corrected chi connectivity index (χ0v) is 30.9.